The quantitative estimate of drug-likeness (QED) is 0.875. The molecular weight excluding hydrogens is 267 g/mol. The molecule has 0 saturated heterocycles. The lowest BCUT2D eigenvalue weighted by molar-refractivity contribution is -0.136. The van der Waals surface area contributed by atoms with Crippen molar-refractivity contribution in [2.24, 2.45) is 11.1 Å². The molecule has 3 rings (SSSR count). The first-order chi connectivity index (χ1) is 10.1. The molecule has 0 spiro atoms. The smallest absolute Gasteiger partial charge is 0.223 e. The summed E-state index contributed by atoms with van der Waals surface area (Å²) in [6.07, 6.45) is 6.08. The average Bonchev–Trinajstić information content (AvgIpc) is 3.26. The van der Waals surface area contributed by atoms with Crippen LogP contribution in [0.3, 0.4) is 0 Å². The summed E-state index contributed by atoms with van der Waals surface area (Å²) >= 11 is 0. The van der Waals surface area contributed by atoms with Crippen molar-refractivity contribution in [1.82, 2.24) is 4.90 Å². The molecule has 2 saturated carbocycles. The van der Waals surface area contributed by atoms with E-state index in [1.165, 1.54) is 18.6 Å². The fraction of sp³-hybridized carbons (Fsp3) is 0.588. The Morgan fingerprint density at radius 1 is 1.29 bits per heavy atom. The molecule has 4 heteroatoms. The Morgan fingerprint density at radius 3 is 2.43 bits per heavy atom. The SMILES string of the molecule is NCC1(CC(=O)N(Cc2ccc(F)cc2)C2CC2)CCC1. The minimum absolute atomic E-state index is 0.0486. The van der Waals surface area contributed by atoms with E-state index in [9.17, 15) is 9.18 Å². The maximum absolute atomic E-state index is 13.0. The van der Waals surface area contributed by atoms with Crippen LogP contribution >= 0.6 is 0 Å². The average molecular weight is 290 g/mol. The number of hydrogen-bond donors (Lipinski definition) is 1. The molecular formula is C17H23FN2O. The van der Waals surface area contributed by atoms with Crippen molar-refractivity contribution in [3.8, 4) is 0 Å². The van der Waals surface area contributed by atoms with E-state index in [2.05, 4.69) is 0 Å². The molecule has 2 N–H and O–H groups in total. The lowest BCUT2D eigenvalue weighted by Crippen LogP contribution is -2.43. The number of nitrogens with zero attached hydrogens (tertiary/aromatic N) is 1. The monoisotopic (exact) mass is 290 g/mol. The molecule has 1 aromatic rings. The van der Waals surface area contributed by atoms with Crippen LogP contribution in [0.15, 0.2) is 24.3 Å². The van der Waals surface area contributed by atoms with E-state index in [1.807, 2.05) is 4.90 Å². The van der Waals surface area contributed by atoms with Gasteiger partial charge in [0, 0.05) is 19.0 Å². The Hall–Kier alpha value is -1.42. The maximum atomic E-state index is 13.0. The van der Waals surface area contributed by atoms with Crippen LogP contribution in [0.2, 0.25) is 0 Å². The molecule has 0 atom stereocenters. The van der Waals surface area contributed by atoms with Crippen LogP contribution in [0, 0.1) is 11.2 Å². The minimum atomic E-state index is -0.236. The third kappa shape index (κ3) is 3.26. The van der Waals surface area contributed by atoms with E-state index in [1.54, 1.807) is 12.1 Å². The number of carbonyl (C=O) groups is 1. The van der Waals surface area contributed by atoms with E-state index in [0.29, 0.717) is 25.6 Å². The highest BCUT2D eigenvalue weighted by Gasteiger charge is 2.41. The van der Waals surface area contributed by atoms with Gasteiger partial charge in [0.2, 0.25) is 5.91 Å². The van der Waals surface area contributed by atoms with Gasteiger partial charge in [0.15, 0.2) is 0 Å². The summed E-state index contributed by atoms with van der Waals surface area (Å²) in [5.74, 6) is -0.0217. The Balaban J connectivity index is 1.66. The van der Waals surface area contributed by atoms with Crippen LogP contribution in [0.4, 0.5) is 4.39 Å². The highest BCUT2D eigenvalue weighted by atomic mass is 19.1. The van der Waals surface area contributed by atoms with Gasteiger partial charge in [0.1, 0.15) is 5.82 Å². The second kappa shape index (κ2) is 5.76. The molecule has 1 aromatic carbocycles. The van der Waals surface area contributed by atoms with Crippen LogP contribution in [-0.2, 0) is 11.3 Å². The lowest BCUT2D eigenvalue weighted by atomic mass is 9.66. The Kier molecular flexibility index (Phi) is 3.98. The Labute approximate surface area is 125 Å². The van der Waals surface area contributed by atoms with E-state index in [4.69, 9.17) is 5.73 Å². The summed E-state index contributed by atoms with van der Waals surface area (Å²) in [4.78, 5) is 14.6. The molecule has 0 bridgehead atoms. The minimum Gasteiger partial charge on any atom is -0.335 e. The first kappa shape index (κ1) is 14.5. The molecule has 0 radical (unpaired) electrons. The number of hydrogen-bond acceptors (Lipinski definition) is 2. The molecule has 21 heavy (non-hydrogen) atoms. The number of rotatable bonds is 6. The number of carbonyl (C=O) groups excluding carboxylic acids is 1. The van der Waals surface area contributed by atoms with Crippen molar-refractivity contribution in [2.45, 2.75) is 51.1 Å². The van der Waals surface area contributed by atoms with Crippen LogP contribution < -0.4 is 5.73 Å². The van der Waals surface area contributed by atoms with Crippen molar-refractivity contribution < 1.29 is 9.18 Å². The summed E-state index contributed by atoms with van der Waals surface area (Å²) in [6, 6.07) is 6.81. The molecule has 0 aromatic heterocycles. The summed E-state index contributed by atoms with van der Waals surface area (Å²) in [6.45, 7) is 1.19. The predicted octanol–water partition coefficient (Wildman–Crippen LogP) is 2.84. The second-order valence-corrected chi connectivity index (χ2v) is 6.61. The largest absolute Gasteiger partial charge is 0.335 e. The zero-order chi connectivity index (χ0) is 14.9. The van der Waals surface area contributed by atoms with E-state index >= 15 is 0 Å². The molecule has 2 aliphatic rings. The van der Waals surface area contributed by atoms with Crippen LogP contribution in [0.5, 0.6) is 0 Å². The third-order valence-corrected chi connectivity index (χ3v) is 4.95. The molecule has 114 valence electrons. The van der Waals surface area contributed by atoms with Gasteiger partial charge in [0.25, 0.3) is 0 Å². The molecule has 0 heterocycles. The third-order valence-electron chi connectivity index (χ3n) is 4.95. The normalized spacial score (nSPS) is 19.9. The van der Waals surface area contributed by atoms with Gasteiger partial charge in [-0.3, -0.25) is 4.79 Å². The van der Waals surface area contributed by atoms with Crippen LogP contribution in [0.25, 0.3) is 0 Å². The van der Waals surface area contributed by atoms with Crippen molar-refractivity contribution in [3.63, 3.8) is 0 Å². The number of nitrogens with two attached hydrogens (primary N) is 1. The molecule has 2 aliphatic carbocycles. The first-order valence-corrected chi connectivity index (χ1v) is 7.86. The number of amides is 1. The number of benzene rings is 1. The molecule has 0 aliphatic heterocycles. The van der Waals surface area contributed by atoms with Gasteiger partial charge < -0.3 is 10.6 Å². The lowest BCUT2D eigenvalue weighted by Gasteiger charge is -2.41. The van der Waals surface area contributed by atoms with E-state index in [-0.39, 0.29) is 17.1 Å². The predicted molar refractivity (Wildman–Crippen MR) is 79.9 cm³/mol. The zero-order valence-electron chi connectivity index (χ0n) is 12.4. The Morgan fingerprint density at radius 2 is 1.95 bits per heavy atom. The van der Waals surface area contributed by atoms with Gasteiger partial charge >= 0.3 is 0 Å². The van der Waals surface area contributed by atoms with Crippen molar-refractivity contribution >= 4 is 5.91 Å². The second-order valence-electron chi connectivity index (χ2n) is 6.61. The van der Waals surface area contributed by atoms with Crippen LogP contribution in [-0.4, -0.2) is 23.4 Å². The summed E-state index contributed by atoms with van der Waals surface area (Å²) in [5, 5.41) is 0. The van der Waals surface area contributed by atoms with Crippen molar-refractivity contribution in [2.75, 3.05) is 6.54 Å². The van der Waals surface area contributed by atoms with Gasteiger partial charge in [-0.15, -0.1) is 0 Å². The summed E-state index contributed by atoms with van der Waals surface area (Å²) in [5.41, 5.74) is 6.91. The van der Waals surface area contributed by atoms with Crippen LogP contribution in [0.1, 0.15) is 44.1 Å². The Bertz CT molecular complexity index is 501. The standard InChI is InChI=1S/C17H23FN2O/c18-14-4-2-13(3-5-14)11-20(15-6-7-15)16(21)10-17(12-19)8-1-9-17/h2-5,15H,1,6-12,19H2. The van der Waals surface area contributed by atoms with Gasteiger partial charge in [-0.05, 0) is 55.3 Å². The molecule has 0 unspecified atom stereocenters. The molecule has 2 fully saturated rings. The highest BCUT2D eigenvalue weighted by molar-refractivity contribution is 5.77. The fourth-order valence-corrected chi connectivity index (χ4v) is 3.15. The highest BCUT2D eigenvalue weighted by Crippen LogP contribution is 2.44. The maximum Gasteiger partial charge on any atom is 0.223 e. The van der Waals surface area contributed by atoms with Crippen molar-refractivity contribution in [3.05, 3.63) is 35.6 Å². The van der Waals surface area contributed by atoms with E-state index in [0.717, 1.165) is 31.2 Å². The topological polar surface area (TPSA) is 46.3 Å². The van der Waals surface area contributed by atoms with E-state index < -0.39 is 0 Å². The molecule has 3 nitrogen and oxygen atoms in total. The van der Waals surface area contributed by atoms with Crippen molar-refractivity contribution in [1.29, 1.82) is 0 Å². The first-order valence-electron chi connectivity index (χ1n) is 7.86. The number of halogens is 1. The molecule has 1 amide bonds. The van der Waals surface area contributed by atoms with Gasteiger partial charge in [-0.2, -0.15) is 0 Å². The van der Waals surface area contributed by atoms with Gasteiger partial charge in [-0.1, -0.05) is 18.6 Å². The van der Waals surface area contributed by atoms with Gasteiger partial charge in [0.05, 0.1) is 0 Å². The summed E-state index contributed by atoms with van der Waals surface area (Å²) < 4.78 is 13.0. The summed E-state index contributed by atoms with van der Waals surface area (Å²) in [7, 11) is 0. The zero-order valence-corrected chi connectivity index (χ0v) is 12.4. The van der Waals surface area contributed by atoms with Gasteiger partial charge in [-0.25, -0.2) is 4.39 Å². The fourth-order valence-electron chi connectivity index (χ4n) is 3.15.